The predicted molar refractivity (Wildman–Crippen MR) is 95.4 cm³/mol. The second-order valence-corrected chi connectivity index (χ2v) is 6.58. The van der Waals surface area contributed by atoms with Crippen molar-refractivity contribution in [1.82, 2.24) is 10.2 Å². The van der Waals surface area contributed by atoms with E-state index in [4.69, 9.17) is 16.3 Å². The number of nitrogens with one attached hydrogen (secondary N) is 1. The molecule has 1 aromatic rings. The first-order valence-electron chi connectivity index (χ1n) is 7.28. The van der Waals surface area contributed by atoms with Crippen LogP contribution in [-0.4, -0.2) is 61.4 Å². The number of carbonyl (C=O) groups is 3. The number of hydrogen-bond donors (Lipinski definition) is 1. The van der Waals surface area contributed by atoms with Crippen LogP contribution in [0.3, 0.4) is 0 Å². The van der Waals surface area contributed by atoms with E-state index >= 15 is 0 Å². The van der Waals surface area contributed by atoms with Gasteiger partial charge in [0.15, 0.2) is 6.61 Å². The lowest BCUT2D eigenvalue weighted by Crippen LogP contribution is -2.43. The Bertz CT molecular complexity index is 595. The molecular weight excluding hydrogens is 352 g/mol. The van der Waals surface area contributed by atoms with Crippen molar-refractivity contribution in [1.29, 1.82) is 0 Å². The molecule has 1 N–H and O–H groups in total. The van der Waals surface area contributed by atoms with E-state index in [1.54, 1.807) is 50.1 Å². The highest BCUT2D eigenvalue weighted by atomic mass is 35.5. The molecular formula is C16H21ClN2O4S. The van der Waals surface area contributed by atoms with Gasteiger partial charge in [-0.05, 0) is 30.6 Å². The molecule has 132 valence electrons. The minimum Gasteiger partial charge on any atom is -0.454 e. The molecule has 0 aliphatic heterocycles. The molecule has 0 unspecified atom stereocenters. The topological polar surface area (TPSA) is 75.7 Å². The molecule has 0 aliphatic rings. The molecule has 0 bridgehead atoms. The standard InChI is InChI=1S/C16H21ClN2O4S/c1-19(2)14(20)10-23-16(22)13(8-9-24-3)18-15(21)11-6-4-5-7-12(11)17/h4-7,13H,8-10H2,1-3H3,(H,18,21)/t13-/m0/s1. The van der Waals surface area contributed by atoms with Crippen LogP contribution in [0.5, 0.6) is 0 Å². The summed E-state index contributed by atoms with van der Waals surface area (Å²) in [5.74, 6) is -0.767. The number of thioether (sulfide) groups is 1. The summed E-state index contributed by atoms with van der Waals surface area (Å²) < 4.78 is 5.00. The summed E-state index contributed by atoms with van der Waals surface area (Å²) in [6.45, 7) is -0.358. The van der Waals surface area contributed by atoms with Crippen LogP contribution in [0, 0.1) is 0 Å². The van der Waals surface area contributed by atoms with Gasteiger partial charge in [-0.2, -0.15) is 11.8 Å². The van der Waals surface area contributed by atoms with Gasteiger partial charge in [0.1, 0.15) is 6.04 Å². The van der Waals surface area contributed by atoms with E-state index in [0.29, 0.717) is 17.2 Å². The zero-order chi connectivity index (χ0) is 18.1. The number of esters is 1. The summed E-state index contributed by atoms with van der Waals surface area (Å²) >= 11 is 7.54. The van der Waals surface area contributed by atoms with Crippen LogP contribution in [0.15, 0.2) is 24.3 Å². The predicted octanol–water partition coefficient (Wildman–Crippen LogP) is 1.82. The number of benzene rings is 1. The van der Waals surface area contributed by atoms with E-state index in [0.717, 1.165) is 0 Å². The van der Waals surface area contributed by atoms with Gasteiger partial charge in [0.05, 0.1) is 10.6 Å². The molecule has 0 saturated carbocycles. The third-order valence-electron chi connectivity index (χ3n) is 3.16. The van der Waals surface area contributed by atoms with E-state index in [-0.39, 0.29) is 18.1 Å². The number of amides is 2. The van der Waals surface area contributed by atoms with Crippen LogP contribution >= 0.6 is 23.4 Å². The van der Waals surface area contributed by atoms with Gasteiger partial charge in [-0.25, -0.2) is 4.79 Å². The summed E-state index contributed by atoms with van der Waals surface area (Å²) in [6.07, 6.45) is 2.29. The number of rotatable bonds is 8. The summed E-state index contributed by atoms with van der Waals surface area (Å²) in [7, 11) is 3.14. The van der Waals surface area contributed by atoms with Gasteiger partial charge in [0.2, 0.25) is 0 Å². The van der Waals surface area contributed by atoms with Crippen LogP contribution in [0.4, 0.5) is 0 Å². The maximum absolute atomic E-state index is 12.3. The summed E-state index contributed by atoms with van der Waals surface area (Å²) in [4.78, 5) is 37.3. The Morgan fingerprint density at radius 1 is 1.29 bits per heavy atom. The lowest BCUT2D eigenvalue weighted by molar-refractivity contribution is -0.152. The molecule has 6 nitrogen and oxygen atoms in total. The molecule has 8 heteroatoms. The van der Waals surface area contributed by atoms with Crippen molar-refractivity contribution in [3.63, 3.8) is 0 Å². The van der Waals surface area contributed by atoms with E-state index in [1.165, 1.54) is 4.90 Å². The van der Waals surface area contributed by atoms with E-state index in [2.05, 4.69) is 5.32 Å². The first-order valence-corrected chi connectivity index (χ1v) is 9.05. The summed E-state index contributed by atoms with van der Waals surface area (Å²) in [5.41, 5.74) is 0.283. The summed E-state index contributed by atoms with van der Waals surface area (Å²) in [5, 5.41) is 2.93. The molecule has 0 aliphatic carbocycles. The first kappa shape index (κ1) is 20.3. The fourth-order valence-corrected chi connectivity index (χ4v) is 2.42. The molecule has 2 amide bonds. The van der Waals surface area contributed by atoms with E-state index < -0.39 is 17.9 Å². The van der Waals surface area contributed by atoms with E-state index in [1.807, 2.05) is 6.26 Å². The average Bonchev–Trinajstić information content (AvgIpc) is 2.56. The van der Waals surface area contributed by atoms with Crippen LogP contribution in [0.1, 0.15) is 16.8 Å². The Morgan fingerprint density at radius 3 is 2.54 bits per heavy atom. The van der Waals surface area contributed by atoms with Crippen LogP contribution in [0.2, 0.25) is 5.02 Å². The lowest BCUT2D eigenvalue weighted by atomic mass is 10.1. The summed E-state index contributed by atoms with van der Waals surface area (Å²) in [6, 6.07) is 5.74. The van der Waals surface area contributed by atoms with Crippen molar-refractivity contribution >= 4 is 41.1 Å². The van der Waals surface area contributed by atoms with Gasteiger partial charge >= 0.3 is 5.97 Å². The molecule has 1 aromatic carbocycles. The molecule has 0 saturated heterocycles. The third kappa shape index (κ3) is 6.41. The lowest BCUT2D eigenvalue weighted by Gasteiger charge is -2.18. The highest BCUT2D eigenvalue weighted by Gasteiger charge is 2.24. The van der Waals surface area contributed by atoms with Gasteiger partial charge < -0.3 is 15.0 Å². The number of hydrogen-bond acceptors (Lipinski definition) is 5. The highest BCUT2D eigenvalue weighted by Crippen LogP contribution is 2.15. The fraction of sp³-hybridized carbons (Fsp3) is 0.438. The Balaban J connectivity index is 2.74. The third-order valence-corrected chi connectivity index (χ3v) is 4.13. The number of ether oxygens (including phenoxy) is 1. The molecule has 24 heavy (non-hydrogen) atoms. The first-order chi connectivity index (χ1) is 11.4. The van der Waals surface area contributed by atoms with Crippen molar-refractivity contribution in [2.75, 3.05) is 32.7 Å². The fourth-order valence-electron chi connectivity index (χ4n) is 1.73. The number of carbonyl (C=O) groups excluding carboxylic acids is 3. The van der Waals surface area contributed by atoms with Gasteiger partial charge in [-0.3, -0.25) is 9.59 Å². The van der Waals surface area contributed by atoms with Crippen molar-refractivity contribution in [2.24, 2.45) is 0 Å². The van der Waals surface area contributed by atoms with E-state index in [9.17, 15) is 14.4 Å². The number of nitrogens with zero attached hydrogens (tertiary/aromatic N) is 1. The maximum atomic E-state index is 12.3. The van der Waals surface area contributed by atoms with Crippen LogP contribution in [0.25, 0.3) is 0 Å². The average molecular weight is 373 g/mol. The SMILES string of the molecule is CSCC[C@H](NC(=O)c1ccccc1Cl)C(=O)OCC(=O)N(C)C. The Hall–Kier alpha value is -1.73. The van der Waals surface area contributed by atoms with Gasteiger partial charge in [0.25, 0.3) is 11.8 Å². The minimum absolute atomic E-state index is 0.283. The number of likely N-dealkylation sites (N-methyl/N-ethyl adjacent to an activating group) is 1. The van der Waals surface area contributed by atoms with Crippen LogP contribution < -0.4 is 5.32 Å². The highest BCUT2D eigenvalue weighted by molar-refractivity contribution is 7.98. The van der Waals surface area contributed by atoms with Crippen molar-refractivity contribution in [3.05, 3.63) is 34.9 Å². The molecule has 1 rings (SSSR count). The molecule has 0 spiro atoms. The Kier molecular flexibility index (Phi) is 8.63. The molecule has 1 atom stereocenters. The number of halogens is 1. The zero-order valence-electron chi connectivity index (χ0n) is 13.9. The van der Waals surface area contributed by atoms with Crippen molar-refractivity contribution in [2.45, 2.75) is 12.5 Å². The van der Waals surface area contributed by atoms with Gasteiger partial charge in [-0.15, -0.1) is 0 Å². The Labute approximate surface area is 150 Å². The monoisotopic (exact) mass is 372 g/mol. The maximum Gasteiger partial charge on any atom is 0.329 e. The second kappa shape index (κ2) is 10.2. The van der Waals surface area contributed by atoms with Gasteiger partial charge in [-0.1, -0.05) is 23.7 Å². The molecule has 0 heterocycles. The smallest absolute Gasteiger partial charge is 0.329 e. The quantitative estimate of drug-likeness (QED) is 0.704. The van der Waals surface area contributed by atoms with Gasteiger partial charge in [0, 0.05) is 14.1 Å². The van der Waals surface area contributed by atoms with Crippen LogP contribution in [-0.2, 0) is 14.3 Å². The zero-order valence-corrected chi connectivity index (χ0v) is 15.4. The largest absolute Gasteiger partial charge is 0.454 e. The Morgan fingerprint density at radius 2 is 1.96 bits per heavy atom. The molecule has 0 fully saturated rings. The normalized spacial score (nSPS) is 11.5. The van der Waals surface area contributed by atoms with Crippen molar-refractivity contribution < 1.29 is 19.1 Å². The minimum atomic E-state index is -0.837. The molecule has 0 radical (unpaired) electrons. The van der Waals surface area contributed by atoms with Crippen molar-refractivity contribution in [3.8, 4) is 0 Å². The molecule has 0 aromatic heterocycles. The second-order valence-electron chi connectivity index (χ2n) is 5.18.